The lowest BCUT2D eigenvalue weighted by molar-refractivity contribution is 1.25. The zero-order valence-corrected chi connectivity index (χ0v) is 9.85. The standard InChI is InChI=1S/C11H8S3/c1-2-5-9-8(4-1)13-10-6-3-7-12-11(10)14-9/h1-6H,7H2. The van der Waals surface area contributed by atoms with Crippen LogP contribution in [0.4, 0.5) is 0 Å². The van der Waals surface area contributed by atoms with Crippen molar-refractivity contribution in [2.24, 2.45) is 0 Å². The molecule has 0 unspecified atom stereocenters. The zero-order chi connectivity index (χ0) is 9.38. The smallest absolute Gasteiger partial charge is 0.0593 e. The molecular weight excluding hydrogens is 228 g/mol. The number of rotatable bonds is 0. The van der Waals surface area contributed by atoms with Crippen molar-refractivity contribution in [3.8, 4) is 0 Å². The van der Waals surface area contributed by atoms with Crippen LogP contribution >= 0.6 is 35.3 Å². The van der Waals surface area contributed by atoms with Crippen LogP contribution in [0.1, 0.15) is 0 Å². The highest BCUT2D eigenvalue weighted by Gasteiger charge is 2.19. The normalized spacial score (nSPS) is 19.1. The summed E-state index contributed by atoms with van der Waals surface area (Å²) in [6, 6.07) is 8.62. The van der Waals surface area contributed by atoms with Gasteiger partial charge < -0.3 is 0 Å². The molecule has 0 aliphatic carbocycles. The Labute approximate surface area is 96.2 Å². The lowest BCUT2D eigenvalue weighted by Crippen LogP contribution is -1.92. The second kappa shape index (κ2) is 3.72. The van der Waals surface area contributed by atoms with Gasteiger partial charge in [-0.05, 0) is 18.2 Å². The van der Waals surface area contributed by atoms with Gasteiger partial charge in [0.15, 0.2) is 0 Å². The van der Waals surface area contributed by atoms with E-state index in [0.29, 0.717) is 0 Å². The lowest BCUT2D eigenvalue weighted by atomic mass is 10.4. The van der Waals surface area contributed by atoms with Crippen molar-refractivity contribution < 1.29 is 0 Å². The van der Waals surface area contributed by atoms with Crippen molar-refractivity contribution in [2.75, 3.05) is 5.75 Å². The highest BCUT2D eigenvalue weighted by Crippen LogP contribution is 2.52. The molecule has 2 aliphatic heterocycles. The Morgan fingerprint density at radius 2 is 1.79 bits per heavy atom. The van der Waals surface area contributed by atoms with Gasteiger partial charge in [-0.25, -0.2) is 0 Å². The van der Waals surface area contributed by atoms with E-state index >= 15 is 0 Å². The maximum absolute atomic E-state index is 2.25. The van der Waals surface area contributed by atoms with E-state index in [4.69, 9.17) is 0 Å². The first kappa shape index (κ1) is 9.01. The summed E-state index contributed by atoms with van der Waals surface area (Å²) < 4.78 is 1.47. The fraction of sp³-hybridized carbons (Fsp3) is 0.0909. The molecule has 2 heterocycles. The van der Waals surface area contributed by atoms with Crippen molar-refractivity contribution in [2.45, 2.75) is 9.79 Å². The molecule has 3 rings (SSSR count). The van der Waals surface area contributed by atoms with Crippen molar-refractivity contribution >= 4 is 35.3 Å². The van der Waals surface area contributed by atoms with Gasteiger partial charge in [-0.2, -0.15) is 0 Å². The van der Waals surface area contributed by atoms with Crippen LogP contribution < -0.4 is 0 Å². The van der Waals surface area contributed by atoms with Gasteiger partial charge in [0.2, 0.25) is 0 Å². The van der Waals surface area contributed by atoms with Gasteiger partial charge in [-0.1, -0.05) is 41.7 Å². The van der Waals surface area contributed by atoms with Gasteiger partial charge in [-0.15, -0.1) is 11.8 Å². The van der Waals surface area contributed by atoms with Gasteiger partial charge in [0.1, 0.15) is 0 Å². The summed E-state index contributed by atoms with van der Waals surface area (Å²) in [6.45, 7) is 0. The molecule has 0 atom stereocenters. The van der Waals surface area contributed by atoms with Crippen LogP contribution in [0.15, 0.2) is 55.4 Å². The van der Waals surface area contributed by atoms with E-state index in [0.717, 1.165) is 5.75 Å². The van der Waals surface area contributed by atoms with Crippen molar-refractivity contribution in [1.29, 1.82) is 0 Å². The first-order valence-corrected chi connectivity index (χ1v) is 7.04. The number of allylic oxidation sites excluding steroid dienone is 1. The molecule has 0 bridgehead atoms. The molecule has 14 heavy (non-hydrogen) atoms. The third-order valence-corrected chi connectivity index (χ3v) is 6.00. The molecule has 0 saturated carbocycles. The van der Waals surface area contributed by atoms with E-state index in [1.54, 1.807) is 0 Å². The van der Waals surface area contributed by atoms with Crippen LogP contribution in [0.25, 0.3) is 0 Å². The third kappa shape index (κ3) is 1.53. The molecule has 0 amide bonds. The first-order chi connectivity index (χ1) is 6.93. The molecule has 0 nitrogen and oxygen atoms in total. The Bertz CT molecular complexity index is 432. The molecule has 0 spiro atoms. The summed E-state index contributed by atoms with van der Waals surface area (Å²) in [5.41, 5.74) is 0. The maximum atomic E-state index is 2.25. The van der Waals surface area contributed by atoms with Crippen LogP contribution in [0.3, 0.4) is 0 Å². The minimum Gasteiger partial charge on any atom is -0.114 e. The van der Waals surface area contributed by atoms with Crippen molar-refractivity contribution in [1.82, 2.24) is 0 Å². The predicted octanol–water partition coefficient (Wildman–Crippen LogP) is 4.36. The summed E-state index contributed by atoms with van der Waals surface area (Å²) in [4.78, 5) is 4.22. The van der Waals surface area contributed by atoms with Crippen LogP contribution in [0.5, 0.6) is 0 Å². The first-order valence-electron chi connectivity index (χ1n) is 4.42. The highest BCUT2D eigenvalue weighted by atomic mass is 32.2. The molecule has 1 aromatic carbocycles. The summed E-state index contributed by atoms with van der Waals surface area (Å²) in [5.74, 6) is 1.12. The van der Waals surface area contributed by atoms with Gasteiger partial charge >= 0.3 is 0 Å². The highest BCUT2D eigenvalue weighted by molar-refractivity contribution is 8.24. The largest absolute Gasteiger partial charge is 0.114 e. The number of fused-ring (bicyclic) bond motifs is 1. The lowest BCUT2D eigenvalue weighted by Gasteiger charge is -2.21. The topological polar surface area (TPSA) is 0 Å². The molecule has 0 fully saturated rings. The van der Waals surface area contributed by atoms with E-state index in [-0.39, 0.29) is 0 Å². The van der Waals surface area contributed by atoms with Crippen molar-refractivity contribution in [3.63, 3.8) is 0 Å². The summed E-state index contributed by atoms with van der Waals surface area (Å²) in [6.07, 6.45) is 4.49. The van der Waals surface area contributed by atoms with E-state index in [2.05, 4.69) is 36.4 Å². The molecule has 0 N–H and O–H groups in total. The minimum absolute atomic E-state index is 1.12. The van der Waals surface area contributed by atoms with Crippen LogP contribution in [-0.4, -0.2) is 5.75 Å². The van der Waals surface area contributed by atoms with Crippen LogP contribution in [0.2, 0.25) is 0 Å². The molecule has 0 radical (unpaired) electrons. The van der Waals surface area contributed by atoms with E-state index in [9.17, 15) is 0 Å². The molecular formula is C11H8S3. The Morgan fingerprint density at radius 1 is 1.00 bits per heavy atom. The van der Waals surface area contributed by atoms with E-state index < -0.39 is 0 Å². The Kier molecular flexibility index (Phi) is 2.39. The molecule has 3 heteroatoms. The number of thioether (sulfide) groups is 3. The van der Waals surface area contributed by atoms with Gasteiger partial charge in [0.25, 0.3) is 0 Å². The van der Waals surface area contributed by atoms with Gasteiger partial charge in [0, 0.05) is 20.4 Å². The number of hydrogen-bond donors (Lipinski definition) is 0. The second-order valence-electron chi connectivity index (χ2n) is 3.02. The predicted molar refractivity (Wildman–Crippen MR) is 66.8 cm³/mol. The van der Waals surface area contributed by atoms with Gasteiger partial charge in [0.05, 0.1) is 4.24 Å². The maximum Gasteiger partial charge on any atom is 0.0593 e. The summed E-state index contributed by atoms with van der Waals surface area (Å²) >= 11 is 5.75. The molecule has 1 aromatic rings. The Morgan fingerprint density at radius 3 is 2.64 bits per heavy atom. The number of hydrogen-bond acceptors (Lipinski definition) is 3. The van der Waals surface area contributed by atoms with Crippen LogP contribution in [0, 0.1) is 0 Å². The average Bonchev–Trinajstić information content (AvgIpc) is 2.26. The summed E-state index contributed by atoms with van der Waals surface area (Å²) in [7, 11) is 0. The minimum atomic E-state index is 1.12. The van der Waals surface area contributed by atoms with Crippen LogP contribution in [-0.2, 0) is 0 Å². The average molecular weight is 236 g/mol. The van der Waals surface area contributed by atoms with E-state index in [1.165, 1.54) is 18.9 Å². The monoisotopic (exact) mass is 236 g/mol. The van der Waals surface area contributed by atoms with Crippen molar-refractivity contribution in [3.05, 3.63) is 45.6 Å². The fourth-order valence-corrected chi connectivity index (χ4v) is 4.96. The Hall–Kier alpha value is -0.250. The molecule has 2 aliphatic rings. The summed E-state index contributed by atoms with van der Waals surface area (Å²) in [5, 5.41) is 0. The molecule has 0 aromatic heterocycles. The number of benzene rings is 1. The second-order valence-corrected chi connectivity index (χ2v) is 6.44. The molecule has 70 valence electrons. The fourth-order valence-electron chi connectivity index (χ4n) is 1.41. The van der Waals surface area contributed by atoms with E-state index in [1.807, 2.05) is 35.3 Å². The SMILES string of the molecule is C1=CC2=C(SC1)Sc1ccccc1S2. The van der Waals surface area contributed by atoms with Gasteiger partial charge in [-0.3, -0.25) is 0 Å². The quantitative estimate of drug-likeness (QED) is 0.657. The third-order valence-electron chi connectivity index (χ3n) is 2.05. The zero-order valence-electron chi connectivity index (χ0n) is 7.40. The Balaban J connectivity index is 2.03. The molecule has 0 saturated heterocycles.